The molecular weight excluding hydrogens is 176 g/mol. The van der Waals surface area contributed by atoms with Crippen LogP contribution in [0.3, 0.4) is 0 Å². The average Bonchev–Trinajstić information content (AvgIpc) is 2.19. The number of pyridine rings is 1. The van der Waals surface area contributed by atoms with Crippen molar-refractivity contribution in [2.45, 2.75) is 31.4 Å². The summed E-state index contributed by atoms with van der Waals surface area (Å²) < 4.78 is 5.81. The topological polar surface area (TPSA) is 48.1 Å². The lowest BCUT2D eigenvalue weighted by molar-refractivity contribution is -0.0766. The highest BCUT2D eigenvalue weighted by Crippen LogP contribution is 2.33. The van der Waals surface area contributed by atoms with Crippen molar-refractivity contribution in [2.75, 3.05) is 6.61 Å². The molecule has 1 aliphatic heterocycles. The Morgan fingerprint density at radius 2 is 2.21 bits per heavy atom. The van der Waals surface area contributed by atoms with E-state index in [2.05, 4.69) is 11.9 Å². The zero-order valence-corrected chi connectivity index (χ0v) is 8.44. The number of hydrogen-bond acceptors (Lipinski definition) is 3. The van der Waals surface area contributed by atoms with Gasteiger partial charge in [-0.05, 0) is 37.5 Å². The summed E-state index contributed by atoms with van der Waals surface area (Å²) in [7, 11) is 0. The number of nitrogens with zero attached hydrogens (tertiary/aromatic N) is 1. The summed E-state index contributed by atoms with van der Waals surface area (Å²) in [6.45, 7) is 2.85. The van der Waals surface area contributed by atoms with Gasteiger partial charge in [0.05, 0.1) is 5.60 Å². The van der Waals surface area contributed by atoms with Crippen LogP contribution >= 0.6 is 0 Å². The van der Waals surface area contributed by atoms with Crippen LogP contribution in [0.15, 0.2) is 24.5 Å². The van der Waals surface area contributed by atoms with Gasteiger partial charge >= 0.3 is 0 Å². The van der Waals surface area contributed by atoms with Crippen molar-refractivity contribution in [1.82, 2.24) is 4.98 Å². The molecule has 0 saturated carbocycles. The van der Waals surface area contributed by atoms with Crippen LogP contribution in [-0.2, 0) is 10.3 Å². The number of hydrogen-bond donors (Lipinski definition) is 1. The SMILES string of the molecule is CC1(c2ccncc2)CC(N)CCO1. The van der Waals surface area contributed by atoms with E-state index in [1.165, 1.54) is 5.56 Å². The molecule has 2 atom stereocenters. The van der Waals surface area contributed by atoms with Gasteiger partial charge in [-0.15, -0.1) is 0 Å². The molecule has 1 fully saturated rings. The van der Waals surface area contributed by atoms with E-state index in [1.807, 2.05) is 12.1 Å². The van der Waals surface area contributed by atoms with Gasteiger partial charge < -0.3 is 10.5 Å². The maximum atomic E-state index is 5.95. The Morgan fingerprint density at radius 3 is 2.86 bits per heavy atom. The normalized spacial score (nSPS) is 32.9. The molecule has 2 N–H and O–H groups in total. The van der Waals surface area contributed by atoms with Crippen LogP contribution in [0.25, 0.3) is 0 Å². The van der Waals surface area contributed by atoms with Crippen molar-refractivity contribution in [3.8, 4) is 0 Å². The molecule has 3 nitrogen and oxygen atoms in total. The zero-order valence-electron chi connectivity index (χ0n) is 8.44. The molecule has 3 heteroatoms. The minimum Gasteiger partial charge on any atom is -0.370 e. The van der Waals surface area contributed by atoms with Crippen LogP contribution in [0.4, 0.5) is 0 Å². The molecule has 0 bridgehead atoms. The van der Waals surface area contributed by atoms with Gasteiger partial charge in [-0.3, -0.25) is 4.98 Å². The number of rotatable bonds is 1. The van der Waals surface area contributed by atoms with E-state index in [-0.39, 0.29) is 11.6 Å². The Balaban J connectivity index is 2.23. The van der Waals surface area contributed by atoms with Crippen molar-refractivity contribution < 1.29 is 4.74 Å². The van der Waals surface area contributed by atoms with Crippen molar-refractivity contribution in [3.05, 3.63) is 30.1 Å². The largest absolute Gasteiger partial charge is 0.370 e. The van der Waals surface area contributed by atoms with Crippen LogP contribution in [0.5, 0.6) is 0 Å². The first-order valence-corrected chi connectivity index (χ1v) is 5.01. The molecule has 1 aliphatic rings. The molecule has 76 valence electrons. The molecule has 0 radical (unpaired) electrons. The lowest BCUT2D eigenvalue weighted by Crippen LogP contribution is -2.40. The van der Waals surface area contributed by atoms with E-state index in [0.29, 0.717) is 0 Å². The summed E-state index contributed by atoms with van der Waals surface area (Å²) in [6.07, 6.45) is 5.44. The third-order valence-electron chi connectivity index (χ3n) is 2.85. The van der Waals surface area contributed by atoms with E-state index < -0.39 is 0 Å². The van der Waals surface area contributed by atoms with Gasteiger partial charge in [0.2, 0.25) is 0 Å². The fourth-order valence-corrected chi connectivity index (χ4v) is 2.00. The number of ether oxygens (including phenoxy) is 1. The second-order valence-corrected chi connectivity index (χ2v) is 4.07. The second-order valence-electron chi connectivity index (χ2n) is 4.07. The quantitative estimate of drug-likeness (QED) is 0.732. The van der Waals surface area contributed by atoms with Crippen molar-refractivity contribution in [2.24, 2.45) is 5.73 Å². The summed E-state index contributed by atoms with van der Waals surface area (Å²) in [6, 6.07) is 4.25. The van der Waals surface area contributed by atoms with E-state index >= 15 is 0 Å². The first-order chi connectivity index (χ1) is 6.71. The standard InChI is InChI=1S/C11H16N2O/c1-11(8-10(12)4-7-14-11)9-2-5-13-6-3-9/h2-3,5-6,10H,4,7-8,12H2,1H3. The Labute approximate surface area is 84.3 Å². The predicted molar refractivity (Wildman–Crippen MR) is 54.8 cm³/mol. The lowest BCUT2D eigenvalue weighted by atomic mass is 9.87. The van der Waals surface area contributed by atoms with Gasteiger partial charge in [-0.25, -0.2) is 0 Å². The minimum absolute atomic E-state index is 0.222. The molecular formula is C11H16N2O. The Kier molecular flexibility index (Phi) is 2.52. The summed E-state index contributed by atoms with van der Waals surface area (Å²) >= 11 is 0. The molecule has 0 aromatic carbocycles. The molecule has 1 aromatic heterocycles. The maximum Gasteiger partial charge on any atom is 0.0919 e. The molecule has 1 saturated heterocycles. The second kappa shape index (κ2) is 3.67. The molecule has 1 aromatic rings. The predicted octanol–water partition coefficient (Wildman–Crippen LogP) is 1.43. The van der Waals surface area contributed by atoms with Gasteiger partial charge in [-0.2, -0.15) is 0 Å². The monoisotopic (exact) mass is 192 g/mol. The van der Waals surface area contributed by atoms with E-state index in [4.69, 9.17) is 10.5 Å². The molecule has 14 heavy (non-hydrogen) atoms. The van der Waals surface area contributed by atoms with Gasteiger partial charge in [0.15, 0.2) is 0 Å². The average molecular weight is 192 g/mol. The van der Waals surface area contributed by atoms with Crippen LogP contribution in [-0.4, -0.2) is 17.6 Å². The van der Waals surface area contributed by atoms with Crippen LogP contribution in [0.1, 0.15) is 25.3 Å². The molecule has 2 heterocycles. The van der Waals surface area contributed by atoms with E-state index in [1.54, 1.807) is 12.4 Å². The number of nitrogens with two attached hydrogens (primary N) is 1. The van der Waals surface area contributed by atoms with Crippen molar-refractivity contribution in [1.29, 1.82) is 0 Å². The maximum absolute atomic E-state index is 5.95. The molecule has 0 aliphatic carbocycles. The highest BCUT2D eigenvalue weighted by atomic mass is 16.5. The van der Waals surface area contributed by atoms with Gasteiger partial charge in [0.25, 0.3) is 0 Å². The van der Waals surface area contributed by atoms with Gasteiger partial charge in [-0.1, -0.05) is 0 Å². The van der Waals surface area contributed by atoms with Gasteiger partial charge in [0.1, 0.15) is 0 Å². The van der Waals surface area contributed by atoms with Crippen molar-refractivity contribution >= 4 is 0 Å². The fraction of sp³-hybridized carbons (Fsp3) is 0.545. The summed E-state index contributed by atoms with van der Waals surface area (Å²) in [5, 5.41) is 0. The highest BCUT2D eigenvalue weighted by molar-refractivity contribution is 5.19. The molecule has 0 spiro atoms. The van der Waals surface area contributed by atoms with Crippen LogP contribution in [0.2, 0.25) is 0 Å². The van der Waals surface area contributed by atoms with E-state index in [0.717, 1.165) is 19.4 Å². The Morgan fingerprint density at radius 1 is 1.50 bits per heavy atom. The van der Waals surface area contributed by atoms with Crippen LogP contribution < -0.4 is 5.73 Å². The molecule has 0 amide bonds. The highest BCUT2D eigenvalue weighted by Gasteiger charge is 2.33. The summed E-state index contributed by atoms with van der Waals surface area (Å²) in [5.41, 5.74) is 6.90. The Hall–Kier alpha value is -0.930. The lowest BCUT2D eigenvalue weighted by Gasteiger charge is -2.37. The molecule has 2 rings (SSSR count). The van der Waals surface area contributed by atoms with Gasteiger partial charge in [0, 0.05) is 25.0 Å². The zero-order chi connectivity index (χ0) is 10.0. The first-order valence-electron chi connectivity index (χ1n) is 5.01. The molecule has 2 unspecified atom stereocenters. The summed E-state index contributed by atoms with van der Waals surface area (Å²) in [5.74, 6) is 0. The van der Waals surface area contributed by atoms with Crippen molar-refractivity contribution in [3.63, 3.8) is 0 Å². The third-order valence-corrected chi connectivity index (χ3v) is 2.85. The third kappa shape index (κ3) is 1.79. The minimum atomic E-state index is -0.222. The van der Waals surface area contributed by atoms with Crippen LogP contribution in [0, 0.1) is 0 Å². The van der Waals surface area contributed by atoms with E-state index in [9.17, 15) is 0 Å². The first kappa shape index (κ1) is 9.62. The number of aromatic nitrogens is 1. The fourth-order valence-electron chi connectivity index (χ4n) is 2.00. The summed E-state index contributed by atoms with van der Waals surface area (Å²) in [4.78, 5) is 4.00. The smallest absolute Gasteiger partial charge is 0.0919 e. The Bertz CT molecular complexity index is 301.